The predicted octanol–water partition coefficient (Wildman–Crippen LogP) is 7.31. The number of carbonyl (C=O) groups is 3. The Morgan fingerprint density at radius 2 is 1.02 bits per heavy atom. The molecule has 0 radical (unpaired) electrons. The smallest absolute Gasteiger partial charge is 0.408 e. The van der Waals surface area contributed by atoms with E-state index in [4.69, 9.17) is 9.47 Å². The molecule has 3 N–H and O–H groups in total. The van der Waals surface area contributed by atoms with Crippen molar-refractivity contribution in [1.82, 2.24) is 16.0 Å². The van der Waals surface area contributed by atoms with Crippen molar-refractivity contribution in [1.29, 1.82) is 0 Å². The van der Waals surface area contributed by atoms with E-state index in [1.54, 1.807) is 0 Å². The van der Waals surface area contributed by atoms with Gasteiger partial charge in [-0.15, -0.1) is 0 Å². The summed E-state index contributed by atoms with van der Waals surface area (Å²) in [5, 5.41) is 9.09. The van der Waals surface area contributed by atoms with Gasteiger partial charge in [-0.25, -0.2) is 4.79 Å². The van der Waals surface area contributed by atoms with E-state index in [1.165, 1.54) is 32.1 Å². The molecule has 0 aliphatic carbocycles. The van der Waals surface area contributed by atoms with Crippen LogP contribution in [-0.4, -0.2) is 43.1 Å². The van der Waals surface area contributed by atoms with Crippen molar-refractivity contribution in [3.8, 4) is 0 Å². The minimum atomic E-state index is -0.623. The molecule has 2 atom stereocenters. The topological polar surface area (TPSA) is 106 Å². The first-order valence-corrected chi connectivity index (χ1v) is 17.0. The summed E-state index contributed by atoms with van der Waals surface area (Å²) in [6.07, 6.45) is 10.9. The lowest BCUT2D eigenvalue weighted by Gasteiger charge is -2.21. The van der Waals surface area contributed by atoms with Crippen LogP contribution in [0.5, 0.6) is 0 Å². The Bertz CT molecular complexity index is 1080. The van der Waals surface area contributed by atoms with Crippen molar-refractivity contribution in [3.05, 3.63) is 71.8 Å². The van der Waals surface area contributed by atoms with Crippen LogP contribution >= 0.6 is 0 Å². The molecule has 0 saturated carbocycles. The maximum Gasteiger partial charge on any atom is 0.408 e. The number of alkyl carbamates (subject to hydrolysis) is 1. The number of esters is 1. The van der Waals surface area contributed by atoms with Crippen molar-refractivity contribution in [2.24, 2.45) is 11.8 Å². The lowest BCUT2D eigenvalue weighted by atomic mass is 10.0. The van der Waals surface area contributed by atoms with Gasteiger partial charge in [-0.3, -0.25) is 9.59 Å². The Hall–Kier alpha value is -3.39. The van der Waals surface area contributed by atoms with Gasteiger partial charge >= 0.3 is 12.1 Å². The SMILES string of the molecule is CC(C)[C@H](NC(=O)OCc1ccccc1)C(=O)NCCCCCCCCCCCCN[C@H](C(=O)OCc1ccccc1)C(C)C. The highest BCUT2D eigenvalue weighted by atomic mass is 16.5. The number of nitrogens with one attached hydrogen (secondary N) is 3. The monoisotopic (exact) mass is 623 g/mol. The predicted molar refractivity (Wildman–Crippen MR) is 180 cm³/mol. The van der Waals surface area contributed by atoms with Gasteiger partial charge in [-0.1, -0.05) is 140 Å². The number of ether oxygens (including phenoxy) is 2. The molecule has 45 heavy (non-hydrogen) atoms. The van der Waals surface area contributed by atoms with Crippen LogP contribution in [0, 0.1) is 11.8 Å². The molecule has 0 aromatic heterocycles. The quantitative estimate of drug-likeness (QED) is 0.0885. The minimum Gasteiger partial charge on any atom is -0.460 e. The molecule has 0 aliphatic rings. The number of rotatable bonds is 23. The maximum atomic E-state index is 12.7. The van der Waals surface area contributed by atoms with E-state index in [-0.39, 0.29) is 36.4 Å². The molecule has 0 unspecified atom stereocenters. The molecule has 2 aromatic rings. The molecule has 0 aliphatic heterocycles. The van der Waals surface area contributed by atoms with Gasteiger partial charge in [0.05, 0.1) is 0 Å². The number of amides is 2. The second kappa shape index (κ2) is 23.0. The average Bonchev–Trinajstić information content (AvgIpc) is 3.03. The molecule has 0 bridgehead atoms. The third-order valence-electron chi connectivity index (χ3n) is 7.85. The van der Waals surface area contributed by atoms with Crippen LogP contribution in [0.1, 0.15) is 103 Å². The summed E-state index contributed by atoms with van der Waals surface area (Å²) < 4.78 is 10.8. The Labute approximate surface area is 271 Å². The van der Waals surface area contributed by atoms with E-state index in [2.05, 4.69) is 16.0 Å². The molecular formula is C37H57N3O5. The van der Waals surface area contributed by atoms with Gasteiger partial charge < -0.3 is 25.4 Å². The maximum absolute atomic E-state index is 12.7. The summed E-state index contributed by atoms with van der Waals surface area (Å²) in [6, 6.07) is 18.4. The van der Waals surface area contributed by atoms with E-state index in [9.17, 15) is 14.4 Å². The molecule has 0 heterocycles. The Kier molecular flexibility index (Phi) is 19.3. The van der Waals surface area contributed by atoms with E-state index >= 15 is 0 Å². The lowest BCUT2D eigenvalue weighted by Crippen LogP contribution is -2.50. The van der Waals surface area contributed by atoms with E-state index in [0.717, 1.165) is 49.8 Å². The normalized spacial score (nSPS) is 12.5. The summed E-state index contributed by atoms with van der Waals surface area (Å²) >= 11 is 0. The van der Waals surface area contributed by atoms with E-state index in [0.29, 0.717) is 13.2 Å². The molecule has 250 valence electrons. The molecule has 2 rings (SSSR count). The van der Waals surface area contributed by atoms with Crippen LogP contribution in [-0.2, 0) is 32.3 Å². The number of hydrogen-bond donors (Lipinski definition) is 3. The van der Waals surface area contributed by atoms with E-state index < -0.39 is 12.1 Å². The van der Waals surface area contributed by atoms with Crippen LogP contribution in [0.4, 0.5) is 4.79 Å². The molecule has 2 amide bonds. The zero-order chi connectivity index (χ0) is 32.7. The number of benzene rings is 2. The van der Waals surface area contributed by atoms with Crippen molar-refractivity contribution >= 4 is 18.0 Å². The number of unbranched alkanes of at least 4 members (excludes halogenated alkanes) is 9. The van der Waals surface area contributed by atoms with Gasteiger partial charge in [0.2, 0.25) is 5.91 Å². The first kappa shape index (κ1) is 37.8. The summed E-state index contributed by atoms with van der Waals surface area (Å²) in [6.45, 7) is 9.84. The van der Waals surface area contributed by atoms with Crippen molar-refractivity contribution < 1.29 is 23.9 Å². The molecule has 0 saturated heterocycles. The van der Waals surface area contributed by atoms with Crippen LogP contribution < -0.4 is 16.0 Å². The fourth-order valence-corrected chi connectivity index (χ4v) is 5.08. The van der Waals surface area contributed by atoms with Gasteiger partial charge in [0.15, 0.2) is 0 Å². The molecule has 2 aromatic carbocycles. The fourth-order valence-electron chi connectivity index (χ4n) is 5.08. The Morgan fingerprint density at radius 3 is 1.51 bits per heavy atom. The van der Waals surface area contributed by atoms with Gasteiger partial charge in [0.25, 0.3) is 0 Å². The summed E-state index contributed by atoms with van der Waals surface area (Å²) in [4.78, 5) is 37.4. The largest absolute Gasteiger partial charge is 0.460 e. The second-order valence-electron chi connectivity index (χ2n) is 12.5. The third kappa shape index (κ3) is 17.0. The Morgan fingerprint density at radius 1 is 0.578 bits per heavy atom. The summed E-state index contributed by atoms with van der Waals surface area (Å²) in [5.74, 6) is -0.208. The van der Waals surface area contributed by atoms with Gasteiger partial charge in [0.1, 0.15) is 25.3 Å². The third-order valence-corrected chi connectivity index (χ3v) is 7.85. The highest BCUT2D eigenvalue weighted by Gasteiger charge is 2.25. The summed E-state index contributed by atoms with van der Waals surface area (Å²) in [5.41, 5.74) is 1.90. The van der Waals surface area contributed by atoms with Crippen LogP contribution in [0.2, 0.25) is 0 Å². The summed E-state index contributed by atoms with van der Waals surface area (Å²) in [7, 11) is 0. The van der Waals surface area contributed by atoms with Gasteiger partial charge in [-0.05, 0) is 42.3 Å². The second-order valence-corrected chi connectivity index (χ2v) is 12.5. The number of hydrogen-bond acceptors (Lipinski definition) is 6. The molecule has 0 fully saturated rings. The average molecular weight is 624 g/mol. The molecule has 0 spiro atoms. The minimum absolute atomic E-state index is 0.0449. The fraction of sp³-hybridized carbons (Fsp3) is 0.595. The van der Waals surface area contributed by atoms with Gasteiger partial charge in [-0.2, -0.15) is 0 Å². The molecule has 8 nitrogen and oxygen atoms in total. The van der Waals surface area contributed by atoms with Crippen LogP contribution in [0.25, 0.3) is 0 Å². The van der Waals surface area contributed by atoms with Crippen molar-refractivity contribution in [2.75, 3.05) is 13.1 Å². The van der Waals surface area contributed by atoms with Crippen LogP contribution in [0.15, 0.2) is 60.7 Å². The highest BCUT2D eigenvalue weighted by Crippen LogP contribution is 2.12. The lowest BCUT2D eigenvalue weighted by molar-refractivity contribution is -0.148. The zero-order valence-electron chi connectivity index (χ0n) is 28.0. The van der Waals surface area contributed by atoms with Crippen molar-refractivity contribution in [2.45, 2.75) is 117 Å². The molecule has 8 heteroatoms. The van der Waals surface area contributed by atoms with Crippen LogP contribution in [0.3, 0.4) is 0 Å². The van der Waals surface area contributed by atoms with Gasteiger partial charge in [0, 0.05) is 6.54 Å². The zero-order valence-corrected chi connectivity index (χ0v) is 28.0. The standard InChI is InChI=1S/C37H57N3O5/c1-29(2)33(40-37(43)45-28-32-23-17-14-18-24-32)35(41)39-26-20-12-10-8-6-5-7-9-11-19-25-38-34(30(3)4)36(42)44-27-31-21-15-13-16-22-31/h13-18,21-24,29-30,33-34,38H,5-12,19-20,25-28H2,1-4H3,(H,39,41)(H,40,43)/t33-,34-/m0/s1. The highest BCUT2D eigenvalue weighted by molar-refractivity contribution is 5.85. The first-order valence-electron chi connectivity index (χ1n) is 17.0. The molecular weight excluding hydrogens is 566 g/mol. The van der Waals surface area contributed by atoms with E-state index in [1.807, 2.05) is 88.4 Å². The first-order chi connectivity index (χ1) is 21.8. The number of carbonyl (C=O) groups excluding carboxylic acids is 3. The Balaban J connectivity index is 1.44. The van der Waals surface area contributed by atoms with Crippen molar-refractivity contribution in [3.63, 3.8) is 0 Å².